The van der Waals surface area contributed by atoms with Gasteiger partial charge in [0, 0.05) is 12.6 Å². The molecular formula is C16H23FN2. The highest BCUT2D eigenvalue weighted by Gasteiger charge is 2.13. The van der Waals surface area contributed by atoms with Crippen molar-refractivity contribution in [2.75, 3.05) is 6.54 Å². The predicted octanol–water partition coefficient (Wildman–Crippen LogP) is 4.10. The van der Waals surface area contributed by atoms with Crippen LogP contribution in [0.2, 0.25) is 0 Å². The van der Waals surface area contributed by atoms with Crippen LogP contribution < -0.4 is 0 Å². The van der Waals surface area contributed by atoms with Crippen LogP contribution >= 0.6 is 0 Å². The Morgan fingerprint density at radius 3 is 2.68 bits per heavy atom. The zero-order valence-corrected chi connectivity index (χ0v) is 12.1. The van der Waals surface area contributed by atoms with Crippen molar-refractivity contribution in [3.63, 3.8) is 0 Å². The van der Waals surface area contributed by atoms with Crippen LogP contribution in [0.1, 0.15) is 51.2 Å². The van der Waals surface area contributed by atoms with Crippen LogP contribution in [0.15, 0.2) is 18.2 Å². The van der Waals surface area contributed by atoms with Crippen LogP contribution in [0.5, 0.6) is 0 Å². The maximum absolute atomic E-state index is 13.3. The van der Waals surface area contributed by atoms with Crippen molar-refractivity contribution in [1.29, 1.82) is 5.26 Å². The molecule has 104 valence electrons. The van der Waals surface area contributed by atoms with Gasteiger partial charge in [0.15, 0.2) is 0 Å². The van der Waals surface area contributed by atoms with Gasteiger partial charge >= 0.3 is 0 Å². The maximum Gasteiger partial charge on any atom is 0.140 e. The Morgan fingerprint density at radius 2 is 2.11 bits per heavy atom. The number of hydrogen-bond acceptors (Lipinski definition) is 2. The van der Waals surface area contributed by atoms with Crippen LogP contribution in [0.25, 0.3) is 0 Å². The maximum atomic E-state index is 13.3. The van der Waals surface area contributed by atoms with Gasteiger partial charge in [-0.2, -0.15) is 5.26 Å². The van der Waals surface area contributed by atoms with E-state index in [-0.39, 0.29) is 5.56 Å². The van der Waals surface area contributed by atoms with Gasteiger partial charge in [-0.15, -0.1) is 0 Å². The Balaban J connectivity index is 2.81. The topological polar surface area (TPSA) is 27.0 Å². The highest BCUT2D eigenvalue weighted by Crippen LogP contribution is 2.15. The summed E-state index contributed by atoms with van der Waals surface area (Å²) in [6.07, 6.45) is 3.42. The molecule has 1 atom stereocenters. The monoisotopic (exact) mass is 262 g/mol. The van der Waals surface area contributed by atoms with Gasteiger partial charge in [-0.25, -0.2) is 4.39 Å². The summed E-state index contributed by atoms with van der Waals surface area (Å²) in [6, 6.07) is 7.23. The molecule has 1 aromatic rings. The van der Waals surface area contributed by atoms with E-state index in [0.717, 1.165) is 31.5 Å². The fraction of sp³-hybridized carbons (Fsp3) is 0.562. The summed E-state index contributed by atoms with van der Waals surface area (Å²) in [6.45, 7) is 8.40. The first-order valence-electron chi connectivity index (χ1n) is 7.04. The first-order chi connectivity index (χ1) is 9.12. The third-order valence-corrected chi connectivity index (χ3v) is 3.55. The third-order valence-electron chi connectivity index (χ3n) is 3.55. The second-order valence-electron chi connectivity index (χ2n) is 5.01. The highest BCUT2D eigenvalue weighted by atomic mass is 19.1. The largest absolute Gasteiger partial charge is 0.296 e. The minimum Gasteiger partial charge on any atom is -0.296 e. The summed E-state index contributed by atoms with van der Waals surface area (Å²) in [4.78, 5) is 2.40. The lowest BCUT2D eigenvalue weighted by molar-refractivity contribution is 0.192. The van der Waals surface area contributed by atoms with Crippen molar-refractivity contribution in [2.45, 2.75) is 52.6 Å². The number of unbranched alkanes of at least 4 members (excludes halogenated alkanes) is 1. The zero-order chi connectivity index (χ0) is 14.3. The molecule has 0 radical (unpaired) electrons. The van der Waals surface area contributed by atoms with Gasteiger partial charge in [0.05, 0.1) is 5.56 Å². The number of nitrogens with zero attached hydrogens (tertiary/aromatic N) is 2. The number of rotatable bonds is 7. The lowest BCUT2D eigenvalue weighted by atomic mass is 10.1. The van der Waals surface area contributed by atoms with Crippen molar-refractivity contribution in [1.82, 2.24) is 4.90 Å². The summed E-state index contributed by atoms with van der Waals surface area (Å²) in [5.74, 6) is -0.435. The first kappa shape index (κ1) is 15.7. The average Bonchev–Trinajstić information content (AvgIpc) is 2.44. The second kappa shape index (κ2) is 7.91. The first-order valence-corrected chi connectivity index (χ1v) is 7.04. The second-order valence-corrected chi connectivity index (χ2v) is 5.01. The minimum absolute atomic E-state index is 0.136. The molecule has 0 aliphatic heterocycles. The lowest BCUT2D eigenvalue weighted by Gasteiger charge is -2.28. The quantitative estimate of drug-likeness (QED) is 0.739. The zero-order valence-electron chi connectivity index (χ0n) is 12.1. The molecule has 2 nitrogen and oxygen atoms in total. The van der Waals surface area contributed by atoms with Gasteiger partial charge < -0.3 is 0 Å². The molecule has 1 aromatic carbocycles. The van der Waals surface area contributed by atoms with Crippen LogP contribution in [-0.4, -0.2) is 17.5 Å². The van der Waals surface area contributed by atoms with Crippen molar-refractivity contribution < 1.29 is 4.39 Å². The van der Waals surface area contributed by atoms with E-state index in [0.29, 0.717) is 6.04 Å². The van der Waals surface area contributed by atoms with Gasteiger partial charge in [-0.1, -0.05) is 26.3 Å². The molecule has 0 spiro atoms. The lowest BCUT2D eigenvalue weighted by Crippen LogP contribution is -2.33. The standard InChI is InChI=1S/C16H23FN2/c1-4-6-9-19(13(3)5-2)12-14-7-8-16(17)15(10-14)11-18/h7-8,10,13H,4-6,9,12H2,1-3H3. The van der Waals surface area contributed by atoms with E-state index in [1.807, 2.05) is 6.07 Å². The summed E-state index contributed by atoms with van der Waals surface area (Å²) in [5, 5.41) is 8.87. The molecule has 0 bridgehead atoms. The van der Waals surface area contributed by atoms with E-state index in [2.05, 4.69) is 25.7 Å². The molecule has 0 aromatic heterocycles. The molecule has 0 N–H and O–H groups in total. The average molecular weight is 262 g/mol. The highest BCUT2D eigenvalue weighted by molar-refractivity contribution is 5.34. The van der Waals surface area contributed by atoms with Gasteiger partial charge in [0.2, 0.25) is 0 Å². The smallest absolute Gasteiger partial charge is 0.140 e. The van der Waals surface area contributed by atoms with E-state index in [9.17, 15) is 4.39 Å². The van der Waals surface area contributed by atoms with Gasteiger partial charge in [0.1, 0.15) is 11.9 Å². The number of benzene rings is 1. The molecule has 0 amide bonds. The molecule has 0 fully saturated rings. The molecule has 0 saturated heterocycles. The number of hydrogen-bond donors (Lipinski definition) is 0. The van der Waals surface area contributed by atoms with Crippen LogP contribution in [0, 0.1) is 17.1 Å². The van der Waals surface area contributed by atoms with Gasteiger partial charge in [-0.05, 0) is 44.0 Å². The minimum atomic E-state index is -0.435. The summed E-state index contributed by atoms with van der Waals surface area (Å²) in [5.41, 5.74) is 1.14. The molecule has 19 heavy (non-hydrogen) atoms. The number of nitriles is 1. The van der Waals surface area contributed by atoms with E-state index in [1.54, 1.807) is 12.1 Å². The Labute approximate surface area is 115 Å². The van der Waals surface area contributed by atoms with Gasteiger partial charge in [-0.3, -0.25) is 4.90 Å². The van der Waals surface area contributed by atoms with Crippen LogP contribution in [0.4, 0.5) is 4.39 Å². The fourth-order valence-electron chi connectivity index (χ4n) is 2.07. The third kappa shape index (κ3) is 4.65. The van der Waals surface area contributed by atoms with Crippen molar-refractivity contribution in [3.8, 4) is 6.07 Å². The molecule has 0 saturated carbocycles. The summed E-state index contributed by atoms with van der Waals surface area (Å²) < 4.78 is 13.3. The van der Waals surface area contributed by atoms with E-state index >= 15 is 0 Å². The molecule has 0 aliphatic carbocycles. The van der Waals surface area contributed by atoms with Gasteiger partial charge in [0.25, 0.3) is 0 Å². The van der Waals surface area contributed by atoms with Crippen molar-refractivity contribution in [2.24, 2.45) is 0 Å². The summed E-state index contributed by atoms with van der Waals surface area (Å²) in [7, 11) is 0. The molecule has 0 aliphatic rings. The Morgan fingerprint density at radius 1 is 1.37 bits per heavy atom. The predicted molar refractivity (Wildman–Crippen MR) is 76.2 cm³/mol. The SMILES string of the molecule is CCCCN(Cc1ccc(F)c(C#N)c1)C(C)CC. The Hall–Kier alpha value is -1.40. The molecule has 1 rings (SSSR count). The summed E-state index contributed by atoms with van der Waals surface area (Å²) >= 11 is 0. The Bertz CT molecular complexity index is 437. The fourth-order valence-corrected chi connectivity index (χ4v) is 2.07. The van der Waals surface area contributed by atoms with E-state index in [4.69, 9.17) is 5.26 Å². The molecule has 1 unspecified atom stereocenters. The van der Waals surface area contributed by atoms with Crippen LogP contribution in [-0.2, 0) is 6.54 Å². The normalized spacial score (nSPS) is 12.4. The van der Waals surface area contributed by atoms with Crippen molar-refractivity contribution in [3.05, 3.63) is 35.1 Å². The molecule has 3 heteroatoms. The number of halogens is 1. The Kier molecular flexibility index (Phi) is 6.52. The van der Waals surface area contributed by atoms with E-state index < -0.39 is 5.82 Å². The molecule has 0 heterocycles. The van der Waals surface area contributed by atoms with Crippen molar-refractivity contribution >= 4 is 0 Å². The van der Waals surface area contributed by atoms with Crippen LogP contribution in [0.3, 0.4) is 0 Å². The molecular weight excluding hydrogens is 239 g/mol. The van der Waals surface area contributed by atoms with E-state index in [1.165, 1.54) is 12.5 Å².